The minimum atomic E-state index is -3.49. The van der Waals surface area contributed by atoms with E-state index in [2.05, 4.69) is 0 Å². The van der Waals surface area contributed by atoms with Crippen molar-refractivity contribution < 1.29 is 17.3 Å². The molecule has 78 valence electrons. The first-order valence-corrected chi connectivity index (χ1v) is 5.72. The molecule has 0 heterocycles. The molecule has 0 saturated heterocycles. The fourth-order valence-electron chi connectivity index (χ4n) is 0.883. The Bertz CT molecular complexity index is 397. The summed E-state index contributed by atoms with van der Waals surface area (Å²) in [5.41, 5.74) is 0. The largest absolute Gasteiger partial charge is 0.493 e. The summed E-state index contributed by atoms with van der Waals surface area (Å²) in [6, 6.07) is 6.61. The Morgan fingerprint density at radius 1 is 1.21 bits per heavy atom. The SMILES string of the molecule is CCS(=O)(=O)Oc1ccccc1OC. The summed E-state index contributed by atoms with van der Waals surface area (Å²) in [7, 11) is -2.03. The minimum Gasteiger partial charge on any atom is -0.493 e. The van der Waals surface area contributed by atoms with Gasteiger partial charge in [0.2, 0.25) is 0 Å². The Morgan fingerprint density at radius 2 is 1.79 bits per heavy atom. The number of ether oxygens (including phenoxy) is 1. The van der Waals surface area contributed by atoms with Crippen molar-refractivity contribution >= 4 is 10.1 Å². The maximum Gasteiger partial charge on any atom is 0.309 e. The van der Waals surface area contributed by atoms with E-state index >= 15 is 0 Å². The van der Waals surface area contributed by atoms with E-state index in [4.69, 9.17) is 8.92 Å². The number of hydrogen-bond donors (Lipinski definition) is 0. The molecular weight excluding hydrogens is 204 g/mol. The average Bonchev–Trinajstić information content (AvgIpc) is 2.18. The normalized spacial score (nSPS) is 11.0. The van der Waals surface area contributed by atoms with Gasteiger partial charge in [0.15, 0.2) is 11.5 Å². The van der Waals surface area contributed by atoms with Crippen molar-refractivity contribution in [1.29, 1.82) is 0 Å². The van der Waals surface area contributed by atoms with E-state index in [0.29, 0.717) is 5.75 Å². The summed E-state index contributed by atoms with van der Waals surface area (Å²) in [5, 5.41) is 0. The van der Waals surface area contributed by atoms with E-state index in [-0.39, 0.29) is 11.5 Å². The highest BCUT2D eigenvalue weighted by Crippen LogP contribution is 2.27. The fourth-order valence-corrected chi connectivity index (χ4v) is 1.41. The number of para-hydroxylation sites is 2. The van der Waals surface area contributed by atoms with Gasteiger partial charge in [-0.2, -0.15) is 8.42 Å². The number of benzene rings is 1. The zero-order valence-electron chi connectivity index (χ0n) is 8.06. The topological polar surface area (TPSA) is 52.6 Å². The van der Waals surface area contributed by atoms with Gasteiger partial charge in [-0.25, -0.2) is 0 Å². The molecule has 0 spiro atoms. The fraction of sp³-hybridized carbons (Fsp3) is 0.333. The van der Waals surface area contributed by atoms with Crippen LogP contribution < -0.4 is 8.92 Å². The number of hydrogen-bond acceptors (Lipinski definition) is 4. The highest BCUT2D eigenvalue weighted by molar-refractivity contribution is 7.87. The molecule has 0 radical (unpaired) electrons. The Kier molecular flexibility index (Phi) is 3.35. The number of methoxy groups -OCH3 is 1. The van der Waals surface area contributed by atoms with E-state index < -0.39 is 10.1 Å². The lowest BCUT2D eigenvalue weighted by Gasteiger charge is -2.08. The molecule has 0 aliphatic rings. The second kappa shape index (κ2) is 4.32. The molecule has 0 fully saturated rings. The first-order chi connectivity index (χ1) is 6.59. The number of rotatable bonds is 4. The van der Waals surface area contributed by atoms with Gasteiger partial charge in [-0.1, -0.05) is 12.1 Å². The van der Waals surface area contributed by atoms with Crippen molar-refractivity contribution in [3.05, 3.63) is 24.3 Å². The van der Waals surface area contributed by atoms with Crippen molar-refractivity contribution in [2.45, 2.75) is 6.92 Å². The van der Waals surface area contributed by atoms with E-state index in [1.165, 1.54) is 14.0 Å². The Hall–Kier alpha value is -1.23. The molecule has 5 heteroatoms. The average molecular weight is 216 g/mol. The van der Waals surface area contributed by atoms with E-state index in [1.807, 2.05) is 0 Å². The maximum absolute atomic E-state index is 11.2. The molecule has 1 rings (SSSR count). The van der Waals surface area contributed by atoms with Crippen LogP contribution in [0, 0.1) is 0 Å². The molecule has 0 amide bonds. The Balaban J connectivity index is 2.97. The second-order valence-electron chi connectivity index (χ2n) is 2.58. The molecule has 0 bridgehead atoms. The first-order valence-electron chi connectivity index (χ1n) is 4.14. The highest BCUT2D eigenvalue weighted by Gasteiger charge is 2.12. The van der Waals surface area contributed by atoms with Crippen LogP contribution in [0.15, 0.2) is 24.3 Å². The van der Waals surface area contributed by atoms with Crippen LogP contribution in [0.3, 0.4) is 0 Å². The van der Waals surface area contributed by atoms with Crippen molar-refractivity contribution in [2.24, 2.45) is 0 Å². The standard InChI is InChI=1S/C9H12O4S/c1-3-14(10,11)13-9-7-5-4-6-8(9)12-2/h4-7H,3H2,1-2H3. The molecule has 0 atom stereocenters. The van der Waals surface area contributed by atoms with Crippen LogP contribution in [-0.2, 0) is 10.1 Å². The van der Waals surface area contributed by atoms with Crippen molar-refractivity contribution in [2.75, 3.05) is 12.9 Å². The van der Waals surface area contributed by atoms with Crippen LogP contribution in [0.1, 0.15) is 6.92 Å². The third-order valence-corrected chi connectivity index (χ3v) is 2.78. The Labute approximate surface area is 83.6 Å². The summed E-state index contributed by atoms with van der Waals surface area (Å²) >= 11 is 0. The quantitative estimate of drug-likeness (QED) is 0.714. The van der Waals surface area contributed by atoms with Gasteiger partial charge in [-0.15, -0.1) is 0 Å². The zero-order chi connectivity index (χ0) is 10.6. The molecule has 1 aromatic carbocycles. The van der Waals surface area contributed by atoms with Gasteiger partial charge >= 0.3 is 10.1 Å². The van der Waals surface area contributed by atoms with Crippen LogP contribution in [0.5, 0.6) is 11.5 Å². The summed E-state index contributed by atoms with van der Waals surface area (Å²) in [6.45, 7) is 1.52. The van der Waals surface area contributed by atoms with Crippen molar-refractivity contribution in [1.82, 2.24) is 0 Å². The molecule has 0 aliphatic heterocycles. The summed E-state index contributed by atoms with van der Waals surface area (Å²) in [5.74, 6) is 0.562. The molecule has 0 saturated carbocycles. The van der Waals surface area contributed by atoms with Crippen LogP contribution in [0.25, 0.3) is 0 Å². The van der Waals surface area contributed by atoms with E-state index in [1.54, 1.807) is 24.3 Å². The molecule has 14 heavy (non-hydrogen) atoms. The lowest BCUT2D eigenvalue weighted by Crippen LogP contribution is -2.11. The van der Waals surface area contributed by atoms with Crippen LogP contribution in [-0.4, -0.2) is 21.3 Å². The second-order valence-corrected chi connectivity index (χ2v) is 4.44. The zero-order valence-corrected chi connectivity index (χ0v) is 8.87. The molecule has 0 N–H and O–H groups in total. The maximum atomic E-state index is 11.2. The molecule has 0 aliphatic carbocycles. The van der Waals surface area contributed by atoms with Gasteiger partial charge in [-0.05, 0) is 19.1 Å². The van der Waals surface area contributed by atoms with Gasteiger partial charge in [0, 0.05) is 0 Å². The summed E-state index contributed by atoms with van der Waals surface area (Å²) in [6.07, 6.45) is 0. The summed E-state index contributed by atoms with van der Waals surface area (Å²) in [4.78, 5) is 0. The molecule has 0 aromatic heterocycles. The minimum absolute atomic E-state index is 0.0644. The monoisotopic (exact) mass is 216 g/mol. The summed E-state index contributed by atoms with van der Waals surface area (Å²) < 4.78 is 32.1. The molecule has 4 nitrogen and oxygen atoms in total. The predicted octanol–water partition coefficient (Wildman–Crippen LogP) is 1.42. The highest BCUT2D eigenvalue weighted by atomic mass is 32.2. The third-order valence-electron chi connectivity index (χ3n) is 1.64. The van der Waals surface area contributed by atoms with Crippen molar-refractivity contribution in [3.63, 3.8) is 0 Å². The van der Waals surface area contributed by atoms with Gasteiger partial charge in [0.25, 0.3) is 0 Å². The van der Waals surface area contributed by atoms with Crippen LogP contribution >= 0.6 is 0 Å². The van der Waals surface area contributed by atoms with Gasteiger partial charge in [-0.3, -0.25) is 0 Å². The molecule has 1 aromatic rings. The van der Waals surface area contributed by atoms with Crippen molar-refractivity contribution in [3.8, 4) is 11.5 Å². The molecular formula is C9H12O4S. The van der Waals surface area contributed by atoms with E-state index in [0.717, 1.165) is 0 Å². The smallest absolute Gasteiger partial charge is 0.309 e. The van der Waals surface area contributed by atoms with E-state index in [9.17, 15) is 8.42 Å². The van der Waals surface area contributed by atoms with Crippen LogP contribution in [0.4, 0.5) is 0 Å². The molecule has 0 unspecified atom stereocenters. The lowest BCUT2D eigenvalue weighted by atomic mass is 10.3. The third kappa shape index (κ3) is 2.63. The lowest BCUT2D eigenvalue weighted by molar-refractivity contribution is 0.391. The predicted molar refractivity (Wildman–Crippen MR) is 53.1 cm³/mol. The first kappa shape index (κ1) is 10.8. The van der Waals surface area contributed by atoms with Gasteiger partial charge in [0.1, 0.15) is 0 Å². The van der Waals surface area contributed by atoms with Crippen LogP contribution in [0.2, 0.25) is 0 Å². The van der Waals surface area contributed by atoms with Gasteiger partial charge < -0.3 is 8.92 Å². The Morgan fingerprint density at radius 3 is 2.29 bits per heavy atom. The van der Waals surface area contributed by atoms with Gasteiger partial charge in [0.05, 0.1) is 12.9 Å².